The van der Waals surface area contributed by atoms with E-state index >= 15 is 0 Å². The monoisotopic (exact) mass is 214 g/mol. The van der Waals surface area contributed by atoms with Crippen LogP contribution in [0.3, 0.4) is 0 Å². The molecule has 0 saturated carbocycles. The molecule has 0 spiro atoms. The zero-order valence-electron chi connectivity index (χ0n) is 9.79. The molecule has 15 heavy (non-hydrogen) atoms. The van der Waals surface area contributed by atoms with Crippen molar-refractivity contribution in [2.24, 2.45) is 5.92 Å². The molecular weight excluding hydrogens is 192 g/mol. The van der Waals surface area contributed by atoms with Crippen LogP contribution in [-0.2, 0) is 9.59 Å². The molecule has 0 aliphatic heterocycles. The lowest BCUT2D eigenvalue weighted by molar-refractivity contribution is -0.138. The van der Waals surface area contributed by atoms with E-state index < -0.39 is 5.97 Å². The largest absolute Gasteiger partial charge is 0.481 e. The first-order chi connectivity index (χ1) is 7.02. The van der Waals surface area contributed by atoms with Gasteiger partial charge in [0.25, 0.3) is 0 Å². The molecule has 0 saturated heterocycles. The lowest BCUT2D eigenvalue weighted by Gasteiger charge is -2.03. The molecule has 0 aromatic rings. The second-order valence-corrected chi connectivity index (χ2v) is 4.43. The highest BCUT2D eigenvalue weighted by atomic mass is 16.4. The van der Waals surface area contributed by atoms with Crippen molar-refractivity contribution in [3.63, 3.8) is 0 Å². The highest BCUT2D eigenvalue weighted by molar-refractivity contribution is 5.82. The third kappa shape index (κ3) is 11.1. The summed E-state index contributed by atoms with van der Waals surface area (Å²) < 4.78 is 0. The lowest BCUT2D eigenvalue weighted by atomic mass is 10.0. The lowest BCUT2D eigenvalue weighted by Crippen LogP contribution is -2.03. The average Bonchev–Trinajstić information content (AvgIpc) is 2.13. The number of rotatable bonds is 9. The summed E-state index contributed by atoms with van der Waals surface area (Å²) in [5, 5.41) is 8.38. The van der Waals surface area contributed by atoms with Gasteiger partial charge in [0.15, 0.2) is 0 Å². The topological polar surface area (TPSA) is 54.4 Å². The first-order valence-electron chi connectivity index (χ1n) is 5.76. The molecule has 0 atom stereocenters. The predicted molar refractivity (Wildman–Crippen MR) is 59.8 cm³/mol. The van der Waals surface area contributed by atoms with Gasteiger partial charge in [0.05, 0.1) is 6.42 Å². The van der Waals surface area contributed by atoms with Crippen LogP contribution in [0.25, 0.3) is 0 Å². The Bertz CT molecular complexity index is 197. The van der Waals surface area contributed by atoms with E-state index in [-0.39, 0.29) is 18.6 Å². The zero-order chi connectivity index (χ0) is 11.7. The standard InChI is InChI=1S/C12H22O3/c1-10(2)6-4-3-5-7-11(13)8-9-12(14)15/h10H,3-9H2,1-2H3,(H,14,15). The van der Waals surface area contributed by atoms with Crippen molar-refractivity contribution in [3.05, 3.63) is 0 Å². The quantitative estimate of drug-likeness (QED) is 0.600. The van der Waals surface area contributed by atoms with E-state index in [1.165, 1.54) is 12.8 Å². The minimum Gasteiger partial charge on any atom is -0.481 e. The van der Waals surface area contributed by atoms with Gasteiger partial charge in [0.1, 0.15) is 5.78 Å². The molecule has 0 amide bonds. The van der Waals surface area contributed by atoms with E-state index in [0.717, 1.165) is 18.8 Å². The van der Waals surface area contributed by atoms with Crippen LogP contribution in [-0.4, -0.2) is 16.9 Å². The Labute approximate surface area is 91.9 Å². The summed E-state index contributed by atoms with van der Waals surface area (Å²) in [7, 11) is 0. The zero-order valence-corrected chi connectivity index (χ0v) is 9.79. The van der Waals surface area contributed by atoms with Crippen molar-refractivity contribution < 1.29 is 14.7 Å². The van der Waals surface area contributed by atoms with E-state index in [1.54, 1.807) is 0 Å². The highest BCUT2D eigenvalue weighted by Gasteiger charge is 2.05. The molecule has 1 N–H and O–H groups in total. The Kier molecular flexibility index (Phi) is 7.96. The van der Waals surface area contributed by atoms with E-state index in [2.05, 4.69) is 13.8 Å². The van der Waals surface area contributed by atoms with Crippen molar-refractivity contribution in [1.29, 1.82) is 0 Å². The number of aliphatic carboxylic acids is 1. The van der Waals surface area contributed by atoms with Gasteiger partial charge >= 0.3 is 5.97 Å². The first kappa shape index (κ1) is 14.1. The molecule has 0 rings (SSSR count). The highest BCUT2D eigenvalue weighted by Crippen LogP contribution is 2.10. The van der Waals surface area contributed by atoms with Gasteiger partial charge in [-0.2, -0.15) is 0 Å². The SMILES string of the molecule is CC(C)CCCCCC(=O)CCC(=O)O. The number of carboxylic acids is 1. The number of carbonyl (C=O) groups excluding carboxylic acids is 1. The van der Waals surface area contributed by atoms with Gasteiger partial charge in [-0.1, -0.05) is 33.1 Å². The minimum absolute atomic E-state index is 0.0230. The van der Waals surface area contributed by atoms with Crippen LogP contribution in [0.5, 0.6) is 0 Å². The number of ketones is 1. The molecule has 0 aliphatic rings. The van der Waals surface area contributed by atoms with E-state index in [0.29, 0.717) is 6.42 Å². The molecule has 3 nitrogen and oxygen atoms in total. The van der Waals surface area contributed by atoms with Crippen LogP contribution in [0, 0.1) is 5.92 Å². The number of hydrogen-bond acceptors (Lipinski definition) is 2. The molecule has 0 unspecified atom stereocenters. The van der Waals surface area contributed by atoms with Crippen LogP contribution in [0.1, 0.15) is 58.8 Å². The summed E-state index contributed by atoms with van der Waals surface area (Å²) in [5.41, 5.74) is 0. The van der Waals surface area contributed by atoms with Crippen molar-refractivity contribution in [3.8, 4) is 0 Å². The molecule has 3 heteroatoms. The Hall–Kier alpha value is -0.860. The minimum atomic E-state index is -0.886. The Morgan fingerprint density at radius 1 is 1.00 bits per heavy atom. The number of unbranched alkanes of at least 4 members (excludes halogenated alkanes) is 2. The summed E-state index contributed by atoms with van der Waals surface area (Å²) in [6.07, 6.45) is 5.09. The Morgan fingerprint density at radius 2 is 1.67 bits per heavy atom. The van der Waals surface area contributed by atoms with Gasteiger partial charge in [0.2, 0.25) is 0 Å². The second kappa shape index (κ2) is 8.45. The van der Waals surface area contributed by atoms with Gasteiger partial charge in [-0.15, -0.1) is 0 Å². The Morgan fingerprint density at radius 3 is 2.20 bits per heavy atom. The fourth-order valence-corrected chi connectivity index (χ4v) is 1.42. The predicted octanol–water partition coefficient (Wildman–Crippen LogP) is 3.03. The van der Waals surface area contributed by atoms with Gasteiger partial charge in [-0.05, 0) is 12.3 Å². The van der Waals surface area contributed by atoms with Gasteiger partial charge in [-0.25, -0.2) is 0 Å². The molecule has 0 radical (unpaired) electrons. The van der Waals surface area contributed by atoms with Crippen LogP contribution in [0.2, 0.25) is 0 Å². The molecule has 88 valence electrons. The van der Waals surface area contributed by atoms with Gasteiger partial charge in [0, 0.05) is 12.8 Å². The van der Waals surface area contributed by atoms with Crippen LogP contribution < -0.4 is 0 Å². The van der Waals surface area contributed by atoms with Crippen LogP contribution in [0.4, 0.5) is 0 Å². The molecule has 0 heterocycles. The summed E-state index contributed by atoms with van der Waals surface area (Å²) in [6, 6.07) is 0. The Balaban J connectivity index is 3.28. The van der Waals surface area contributed by atoms with Crippen molar-refractivity contribution in [2.45, 2.75) is 58.8 Å². The van der Waals surface area contributed by atoms with Crippen molar-refractivity contribution in [2.75, 3.05) is 0 Å². The average molecular weight is 214 g/mol. The maximum absolute atomic E-state index is 11.2. The van der Waals surface area contributed by atoms with Crippen molar-refractivity contribution >= 4 is 11.8 Å². The maximum Gasteiger partial charge on any atom is 0.303 e. The molecular formula is C12H22O3. The maximum atomic E-state index is 11.2. The number of carbonyl (C=O) groups is 2. The van der Waals surface area contributed by atoms with E-state index in [1.807, 2.05) is 0 Å². The second-order valence-electron chi connectivity index (χ2n) is 4.43. The van der Waals surface area contributed by atoms with E-state index in [9.17, 15) is 9.59 Å². The summed E-state index contributed by atoms with van der Waals surface area (Å²) in [6.45, 7) is 4.38. The number of hydrogen-bond donors (Lipinski definition) is 1. The number of carboxylic acid groups (broad SMARTS) is 1. The van der Waals surface area contributed by atoms with Gasteiger partial charge < -0.3 is 5.11 Å². The van der Waals surface area contributed by atoms with Gasteiger partial charge in [-0.3, -0.25) is 9.59 Å². The first-order valence-corrected chi connectivity index (χ1v) is 5.76. The number of Topliss-reactive ketones (excluding diaryl/α,β-unsaturated/α-hetero) is 1. The summed E-state index contributed by atoms with van der Waals surface area (Å²) in [5.74, 6) is -0.0715. The molecule has 0 aliphatic carbocycles. The summed E-state index contributed by atoms with van der Waals surface area (Å²) >= 11 is 0. The summed E-state index contributed by atoms with van der Waals surface area (Å²) in [4.78, 5) is 21.4. The normalized spacial score (nSPS) is 10.6. The third-order valence-electron chi connectivity index (χ3n) is 2.35. The smallest absolute Gasteiger partial charge is 0.303 e. The molecule has 0 bridgehead atoms. The molecule has 0 aromatic heterocycles. The van der Waals surface area contributed by atoms with E-state index in [4.69, 9.17) is 5.11 Å². The van der Waals surface area contributed by atoms with Crippen LogP contribution in [0.15, 0.2) is 0 Å². The fourth-order valence-electron chi connectivity index (χ4n) is 1.42. The fraction of sp³-hybridized carbons (Fsp3) is 0.833. The van der Waals surface area contributed by atoms with Crippen molar-refractivity contribution in [1.82, 2.24) is 0 Å². The van der Waals surface area contributed by atoms with Crippen LogP contribution >= 0.6 is 0 Å². The molecule has 0 fully saturated rings. The third-order valence-corrected chi connectivity index (χ3v) is 2.35. The molecule has 0 aromatic carbocycles.